The Bertz CT molecular complexity index is 506. The van der Waals surface area contributed by atoms with Crippen molar-refractivity contribution in [2.24, 2.45) is 11.8 Å². The average molecular weight is 300 g/mol. The van der Waals surface area contributed by atoms with Crippen LogP contribution in [0.5, 0.6) is 0 Å². The van der Waals surface area contributed by atoms with Crippen molar-refractivity contribution in [1.82, 2.24) is 4.90 Å². The summed E-state index contributed by atoms with van der Waals surface area (Å²) in [5, 5.41) is 2.55. The largest absolute Gasteiger partial charge is 0.416 e. The number of carbonyl (C=O) groups excluding carboxylic acids is 1. The predicted molar refractivity (Wildman–Crippen MR) is 75.0 cm³/mol. The number of anilines is 1. The van der Waals surface area contributed by atoms with Crippen LogP contribution in [0.4, 0.5) is 23.7 Å². The third-order valence-corrected chi connectivity index (χ3v) is 3.60. The van der Waals surface area contributed by atoms with Crippen molar-refractivity contribution in [2.45, 2.75) is 26.4 Å². The average Bonchev–Trinajstić information content (AvgIpc) is 2.37. The van der Waals surface area contributed by atoms with Crippen LogP contribution in [0.15, 0.2) is 24.3 Å². The van der Waals surface area contributed by atoms with Gasteiger partial charge in [-0.1, -0.05) is 19.9 Å². The minimum Gasteiger partial charge on any atom is -0.324 e. The quantitative estimate of drug-likeness (QED) is 0.827. The fourth-order valence-corrected chi connectivity index (χ4v) is 2.80. The second-order valence-corrected chi connectivity index (χ2v) is 5.86. The molecule has 1 aliphatic rings. The van der Waals surface area contributed by atoms with E-state index in [9.17, 15) is 18.0 Å². The highest BCUT2D eigenvalue weighted by Gasteiger charge is 2.31. The van der Waals surface area contributed by atoms with E-state index >= 15 is 0 Å². The lowest BCUT2D eigenvalue weighted by molar-refractivity contribution is -0.137. The SMILES string of the molecule is C[C@H]1C[C@H](C)CN(C(=O)Nc2cccc(C(F)(F)F)c2)C1. The number of carbonyl (C=O) groups is 1. The molecule has 1 aromatic carbocycles. The maximum absolute atomic E-state index is 12.6. The summed E-state index contributed by atoms with van der Waals surface area (Å²) in [6.07, 6.45) is -3.35. The maximum Gasteiger partial charge on any atom is 0.416 e. The molecule has 2 atom stereocenters. The Morgan fingerprint density at radius 3 is 2.43 bits per heavy atom. The minimum atomic E-state index is -4.41. The van der Waals surface area contributed by atoms with Crippen molar-refractivity contribution in [1.29, 1.82) is 0 Å². The summed E-state index contributed by atoms with van der Waals surface area (Å²) in [5.41, 5.74) is -0.596. The van der Waals surface area contributed by atoms with E-state index in [0.29, 0.717) is 24.9 Å². The summed E-state index contributed by atoms with van der Waals surface area (Å²) in [4.78, 5) is 13.8. The van der Waals surface area contributed by atoms with Gasteiger partial charge in [-0.15, -0.1) is 0 Å². The summed E-state index contributed by atoms with van der Waals surface area (Å²) < 4.78 is 37.9. The summed E-state index contributed by atoms with van der Waals surface area (Å²) in [5.74, 6) is 0.807. The fourth-order valence-electron chi connectivity index (χ4n) is 2.80. The van der Waals surface area contributed by atoms with E-state index in [1.54, 1.807) is 4.90 Å². The zero-order valence-electron chi connectivity index (χ0n) is 12.1. The molecule has 1 heterocycles. The second-order valence-electron chi connectivity index (χ2n) is 5.86. The number of nitrogens with one attached hydrogen (secondary N) is 1. The Morgan fingerprint density at radius 1 is 1.24 bits per heavy atom. The first-order valence-electron chi connectivity index (χ1n) is 6.99. The molecule has 3 nitrogen and oxygen atoms in total. The van der Waals surface area contributed by atoms with Crippen LogP contribution in [0.2, 0.25) is 0 Å². The topological polar surface area (TPSA) is 32.3 Å². The number of benzene rings is 1. The van der Waals surface area contributed by atoms with Gasteiger partial charge < -0.3 is 10.2 Å². The number of hydrogen-bond acceptors (Lipinski definition) is 1. The normalized spacial score (nSPS) is 23.0. The third kappa shape index (κ3) is 4.12. The lowest BCUT2D eigenvalue weighted by atomic mass is 9.92. The van der Waals surface area contributed by atoms with Crippen LogP contribution in [0.25, 0.3) is 0 Å². The number of alkyl halides is 3. The summed E-state index contributed by atoms with van der Waals surface area (Å²) >= 11 is 0. The van der Waals surface area contributed by atoms with Gasteiger partial charge >= 0.3 is 12.2 Å². The van der Waals surface area contributed by atoms with Gasteiger partial charge in [0.05, 0.1) is 5.56 Å². The molecule has 1 aliphatic heterocycles. The van der Waals surface area contributed by atoms with E-state index < -0.39 is 11.7 Å². The van der Waals surface area contributed by atoms with Crippen LogP contribution in [-0.4, -0.2) is 24.0 Å². The molecule has 6 heteroatoms. The smallest absolute Gasteiger partial charge is 0.324 e. The van der Waals surface area contributed by atoms with E-state index in [-0.39, 0.29) is 11.7 Å². The van der Waals surface area contributed by atoms with Crippen LogP contribution in [-0.2, 0) is 6.18 Å². The van der Waals surface area contributed by atoms with Gasteiger partial charge in [0, 0.05) is 18.8 Å². The number of likely N-dealkylation sites (tertiary alicyclic amines) is 1. The molecule has 1 saturated heterocycles. The molecule has 0 unspecified atom stereocenters. The van der Waals surface area contributed by atoms with Crippen molar-refractivity contribution in [3.8, 4) is 0 Å². The number of amides is 2. The first kappa shape index (κ1) is 15.7. The summed E-state index contributed by atoms with van der Waals surface area (Å²) in [6, 6.07) is 4.35. The molecule has 1 N–H and O–H groups in total. The molecule has 0 aromatic heterocycles. The summed E-state index contributed by atoms with van der Waals surface area (Å²) in [6.45, 7) is 5.41. The number of piperidine rings is 1. The molecule has 2 rings (SSSR count). The molecule has 0 bridgehead atoms. The molecule has 0 radical (unpaired) electrons. The van der Waals surface area contributed by atoms with Gasteiger partial charge in [0.25, 0.3) is 0 Å². The van der Waals surface area contributed by atoms with Crippen molar-refractivity contribution >= 4 is 11.7 Å². The molecule has 1 fully saturated rings. The van der Waals surface area contributed by atoms with E-state index in [1.165, 1.54) is 12.1 Å². The monoisotopic (exact) mass is 300 g/mol. The number of hydrogen-bond donors (Lipinski definition) is 1. The Morgan fingerprint density at radius 2 is 1.86 bits per heavy atom. The second kappa shape index (κ2) is 5.95. The molecular formula is C15H19F3N2O. The van der Waals surface area contributed by atoms with Crippen molar-refractivity contribution in [3.63, 3.8) is 0 Å². The van der Waals surface area contributed by atoms with Crippen LogP contribution in [0, 0.1) is 11.8 Å². The highest BCUT2D eigenvalue weighted by molar-refractivity contribution is 5.89. The Labute approximate surface area is 122 Å². The first-order chi connectivity index (χ1) is 9.75. The predicted octanol–water partition coefficient (Wildman–Crippen LogP) is 4.22. The lowest BCUT2D eigenvalue weighted by Gasteiger charge is -2.34. The number of urea groups is 1. The zero-order chi connectivity index (χ0) is 15.6. The van der Waals surface area contributed by atoms with E-state index in [4.69, 9.17) is 0 Å². The molecule has 116 valence electrons. The first-order valence-corrected chi connectivity index (χ1v) is 6.99. The highest BCUT2D eigenvalue weighted by Crippen LogP contribution is 2.31. The van der Waals surface area contributed by atoms with Crippen LogP contribution in [0.3, 0.4) is 0 Å². The Hall–Kier alpha value is -1.72. The van der Waals surface area contributed by atoms with Gasteiger partial charge in [0.1, 0.15) is 0 Å². The fraction of sp³-hybridized carbons (Fsp3) is 0.533. The Kier molecular flexibility index (Phi) is 4.44. The molecule has 0 saturated carbocycles. The van der Waals surface area contributed by atoms with Crippen LogP contribution in [0.1, 0.15) is 25.8 Å². The lowest BCUT2D eigenvalue weighted by Crippen LogP contribution is -2.44. The van der Waals surface area contributed by atoms with Gasteiger partial charge in [-0.3, -0.25) is 0 Å². The van der Waals surface area contributed by atoms with Crippen LogP contribution < -0.4 is 5.32 Å². The van der Waals surface area contributed by atoms with Crippen molar-refractivity contribution in [2.75, 3.05) is 18.4 Å². The van der Waals surface area contributed by atoms with Crippen LogP contribution >= 0.6 is 0 Å². The number of halogens is 3. The summed E-state index contributed by atoms with van der Waals surface area (Å²) in [7, 11) is 0. The van der Waals surface area contributed by atoms with Gasteiger partial charge in [0.2, 0.25) is 0 Å². The molecule has 0 spiro atoms. The minimum absolute atomic E-state index is 0.167. The molecule has 0 aliphatic carbocycles. The van der Waals surface area contributed by atoms with Gasteiger partial charge in [-0.25, -0.2) is 4.79 Å². The molecule has 21 heavy (non-hydrogen) atoms. The Balaban J connectivity index is 2.06. The van der Waals surface area contributed by atoms with Gasteiger partial charge in [-0.2, -0.15) is 13.2 Å². The van der Waals surface area contributed by atoms with E-state index in [0.717, 1.165) is 18.6 Å². The maximum atomic E-state index is 12.6. The third-order valence-electron chi connectivity index (χ3n) is 3.60. The molecular weight excluding hydrogens is 281 g/mol. The van der Waals surface area contributed by atoms with Gasteiger partial charge in [-0.05, 0) is 36.5 Å². The number of rotatable bonds is 1. The number of nitrogens with zero attached hydrogens (tertiary/aromatic N) is 1. The van der Waals surface area contributed by atoms with E-state index in [1.807, 2.05) is 0 Å². The highest BCUT2D eigenvalue weighted by atomic mass is 19.4. The van der Waals surface area contributed by atoms with Crippen molar-refractivity contribution < 1.29 is 18.0 Å². The standard InChI is InChI=1S/C15H19F3N2O/c1-10-6-11(2)9-20(8-10)14(21)19-13-5-3-4-12(7-13)15(16,17)18/h3-5,7,10-11H,6,8-9H2,1-2H3,(H,19,21)/t10-,11-/m0/s1. The molecule has 1 aromatic rings. The zero-order valence-corrected chi connectivity index (χ0v) is 12.1. The van der Waals surface area contributed by atoms with Crippen molar-refractivity contribution in [3.05, 3.63) is 29.8 Å². The van der Waals surface area contributed by atoms with E-state index in [2.05, 4.69) is 19.2 Å². The van der Waals surface area contributed by atoms with Gasteiger partial charge in [0.15, 0.2) is 0 Å². The molecule has 2 amide bonds.